The third kappa shape index (κ3) is 1.24. The van der Waals surface area contributed by atoms with E-state index in [-0.39, 0.29) is 5.69 Å². The highest BCUT2D eigenvalue weighted by Crippen LogP contribution is 2.23. The van der Waals surface area contributed by atoms with Gasteiger partial charge >= 0.3 is 0 Å². The lowest BCUT2D eigenvalue weighted by molar-refractivity contribution is -0.383. The molecule has 0 saturated heterocycles. The average molecular weight is 171 g/mol. The molecule has 0 aliphatic carbocycles. The van der Waals surface area contributed by atoms with E-state index in [1.165, 1.54) is 12.1 Å². The highest BCUT2D eigenvalue weighted by atomic mass is 16.6. The average Bonchev–Trinajstić information content (AvgIpc) is 2.17. The molecule has 2 radical (unpaired) electrons. The molecule has 0 amide bonds. The molecule has 0 aromatic heterocycles. The molecular formula is C10H5NO2. The van der Waals surface area contributed by atoms with Gasteiger partial charge in [0, 0.05) is 11.5 Å². The quantitative estimate of drug-likeness (QED) is 0.488. The number of fused-ring (bicyclic) bond motifs is 1. The van der Waals surface area contributed by atoms with Gasteiger partial charge in [0.1, 0.15) is 0 Å². The maximum atomic E-state index is 10.6. The van der Waals surface area contributed by atoms with E-state index in [4.69, 9.17) is 0 Å². The summed E-state index contributed by atoms with van der Waals surface area (Å²) in [6, 6.07) is 13.9. The van der Waals surface area contributed by atoms with Crippen molar-refractivity contribution in [2.45, 2.75) is 0 Å². The first-order valence-corrected chi connectivity index (χ1v) is 3.74. The van der Waals surface area contributed by atoms with Gasteiger partial charge in [-0.1, -0.05) is 12.1 Å². The van der Waals surface area contributed by atoms with Gasteiger partial charge in [0.25, 0.3) is 5.69 Å². The Morgan fingerprint density at radius 3 is 2.77 bits per heavy atom. The van der Waals surface area contributed by atoms with Gasteiger partial charge in [0.15, 0.2) is 0 Å². The van der Waals surface area contributed by atoms with Crippen molar-refractivity contribution in [1.82, 2.24) is 0 Å². The normalized spacial score (nSPS) is 10.2. The van der Waals surface area contributed by atoms with Crippen LogP contribution in [-0.2, 0) is 0 Å². The molecule has 0 heterocycles. The minimum atomic E-state index is -0.399. The standard InChI is InChI=1S/C10H5NO2/c12-11(13)10-7-3-5-8-4-1-2-6-9(8)10/h1-3,6-7H. The molecule has 3 nitrogen and oxygen atoms in total. The topological polar surface area (TPSA) is 43.1 Å². The first-order valence-electron chi connectivity index (χ1n) is 3.74. The summed E-state index contributed by atoms with van der Waals surface area (Å²) in [6.07, 6.45) is 0. The largest absolute Gasteiger partial charge is 0.277 e. The fourth-order valence-electron chi connectivity index (χ4n) is 1.22. The number of non-ortho nitro benzene ring substituents is 1. The van der Waals surface area contributed by atoms with Crippen molar-refractivity contribution in [2.75, 3.05) is 0 Å². The van der Waals surface area contributed by atoms with E-state index < -0.39 is 4.92 Å². The Balaban J connectivity index is 2.83. The molecule has 3 heteroatoms. The van der Waals surface area contributed by atoms with Crippen molar-refractivity contribution in [2.24, 2.45) is 0 Å². The lowest BCUT2D eigenvalue weighted by atomic mass is 10.1. The third-order valence-corrected chi connectivity index (χ3v) is 1.80. The summed E-state index contributed by atoms with van der Waals surface area (Å²) in [5, 5.41) is 11.8. The number of hydrogen-bond acceptors (Lipinski definition) is 2. The first kappa shape index (κ1) is 7.73. The van der Waals surface area contributed by atoms with Crippen LogP contribution in [0.15, 0.2) is 30.3 Å². The lowest BCUT2D eigenvalue weighted by Gasteiger charge is -1.96. The fourth-order valence-corrected chi connectivity index (χ4v) is 1.22. The van der Waals surface area contributed by atoms with E-state index in [1.54, 1.807) is 18.2 Å². The third-order valence-electron chi connectivity index (χ3n) is 1.80. The predicted octanol–water partition coefficient (Wildman–Crippen LogP) is 2.35. The Kier molecular flexibility index (Phi) is 1.70. The van der Waals surface area contributed by atoms with Crippen LogP contribution in [0.4, 0.5) is 5.69 Å². The number of nitro benzene ring substituents is 1. The molecule has 2 rings (SSSR count). The summed E-state index contributed by atoms with van der Waals surface area (Å²) < 4.78 is 0. The zero-order chi connectivity index (χ0) is 9.26. The van der Waals surface area contributed by atoms with Crippen LogP contribution in [0.2, 0.25) is 0 Å². The van der Waals surface area contributed by atoms with Crippen molar-refractivity contribution in [3.05, 3.63) is 52.6 Å². The van der Waals surface area contributed by atoms with Crippen LogP contribution in [0.3, 0.4) is 0 Å². The van der Waals surface area contributed by atoms with Gasteiger partial charge in [-0.15, -0.1) is 0 Å². The van der Waals surface area contributed by atoms with E-state index in [2.05, 4.69) is 12.1 Å². The molecule has 0 saturated carbocycles. The van der Waals surface area contributed by atoms with Gasteiger partial charge in [-0.05, 0) is 24.3 Å². The lowest BCUT2D eigenvalue weighted by Crippen LogP contribution is -1.88. The monoisotopic (exact) mass is 171 g/mol. The molecular weight excluding hydrogens is 166 g/mol. The SMILES string of the molecule is O=[N+]([O-])c1cc[c]c2[c]cccc12. The smallest absolute Gasteiger partial charge is 0.258 e. The molecule has 0 bridgehead atoms. The number of nitro groups is 1. The molecule has 0 spiro atoms. The zero-order valence-corrected chi connectivity index (χ0v) is 6.65. The van der Waals surface area contributed by atoms with Gasteiger partial charge in [-0.25, -0.2) is 0 Å². The second-order valence-corrected chi connectivity index (χ2v) is 2.58. The summed E-state index contributed by atoms with van der Waals surface area (Å²) in [7, 11) is 0. The summed E-state index contributed by atoms with van der Waals surface area (Å²) in [4.78, 5) is 10.2. The molecule has 0 aliphatic heterocycles. The van der Waals surface area contributed by atoms with Crippen LogP contribution < -0.4 is 0 Å². The second-order valence-electron chi connectivity index (χ2n) is 2.58. The van der Waals surface area contributed by atoms with Gasteiger partial charge < -0.3 is 0 Å². The molecule has 0 atom stereocenters. The molecule has 0 fully saturated rings. The second kappa shape index (κ2) is 2.86. The predicted molar refractivity (Wildman–Crippen MR) is 48.3 cm³/mol. The van der Waals surface area contributed by atoms with Gasteiger partial charge in [0.2, 0.25) is 0 Å². The number of nitrogens with zero attached hydrogens (tertiary/aromatic N) is 1. The molecule has 62 valence electrons. The Labute approximate surface area is 74.8 Å². The Hall–Kier alpha value is -1.90. The van der Waals surface area contributed by atoms with Crippen molar-refractivity contribution in [1.29, 1.82) is 0 Å². The highest BCUT2D eigenvalue weighted by molar-refractivity contribution is 5.89. The van der Waals surface area contributed by atoms with E-state index >= 15 is 0 Å². The maximum absolute atomic E-state index is 10.6. The zero-order valence-electron chi connectivity index (χ0n) is 6.65. The molecule has 0 N–H and O–H groups in total. The minimum Gasteiger partial charge on any atom is -0.258 e. The van der Waals surface area contributed by atoms with Crippen LogP contribution in [0.25, 0.3) is 10.8 Å². The Morgan fingerprint density at radius 1 is 1.23 bits per heavy atom. The Bertz CT molecular complexity index is 460. The van der Waals surface area contributed by atoms with Crippen LogP contribution >= 0.6 is 0 Å². The van der Waals surface area contributed by atoms with E-state index in [9.17, 15) is 10.1 Å². The van der Waals surface area contributed by atoms with Gasteiger partial charge in [-0.3, -0.25) is 10.1 Å². The van der Waals surface area contributed by atoms with Gasteiger partial charge in [-0.2, -0.15) is 0 Å². The molecule has 0 aliphatic rings. The molecule has 2 aromatic rings. The van der Waals surface area contributed by atoms with Gasteiger partial charge in [0.05, 0.1) is 10.3 Å². The first-order chi connectivity index (χ1) is 6.29. The summed E-state index contributed by atoms with van der Waals surface area (Å²) in [5.74, 6) is 0. The summed E-state index contributed by atoms with van der Waals surface area (Å²) in [6.45, 7) is 0. The van der Waals surface area contributed by atoms with E-state index in [0.717, 1.165) is 0 Å². The van der Waals surface area contributed by atoms with E-state index in [0.29, 0.717) is 10.8 Å². The Morgan fingerprint density at radius 2 is 2.00 bits per heavy atom. The molecule has 2 aromatic carbocycles. The maximum Gasteiger partial charge on any atom is 0.277 e. The summed E-state index contributed by atoms with van der Waals surface area (Å²) in [5.41, 5.74) is 0.102. The van der Waals surface area contributed by atoms with Crippen molar-refractivity contribution in [3.8, 4) is 0 Å². The van der Waals surface area contributed by atoms with Crippen molar-refractivity contribution < 1.29 is 4.92 Å². The number of hydrogen-bond donors (Lipinski definition) is 0. The minimum absolute atomic E-state index is 0.102. The molecule has 13 heavy (non-hydrogen) atoms. The van der Waals surface area contributed by atoms with Crippen molar-refractivity contribution in [3.63, 3.8) is 0 Å². The van der Waals surface area contributed by atoms with Crippen LogP contribution in [0.1, 0.15) is 0 Å². The number of rotatable bonds is 1. The van der Waals surface area contributed by atoms with Crippen LogP contribution in [-0.4, -0.2) is 4.92 Å². The van der Waals surface area contributed by atoms with Crippen LogP contribution in [0, 0.1) is 22.2 Å². The number of benzene rings is 2. The fraction of sp³-hybridized carbons (Fsp3) is 0. The highest BCUT2D eigenvalue weighted by Gasteiger charge is 2.09. The molecule has 0 unspecified atom stereocenters. The van der Waals surface area contributed by atoms with Crippen LogP contribution in [0.5, 0.6) is 0 Å². The summed E-state index contributed by atoms with van der Waals surface area (Å²) >= 11 is 0. The van der Waals surface area contributed by atoms with E-state index in [1.807, 2.05) is 0 Å². The van der Waals surface area contributed by atoms with Crippen molar-refractivity contribution >= 4 is 16.5 Å².